The summed E-state index contributed by atoms with van der Waals surface area (Å²) in [7, 11) is 0. The van der Waals surface area contributed by atoms with Crippen molar-refractivity contribution in [3.8, 4) is 0 Å². The van der Waals surface area contributed by atoms with Gasteiger partial charge in [0, 0.05) is 6.61 Å². The Hall–Kier alpha value is -0.0800. The van der Waals surface area contributed by atoms with Gasteiger partial charge in [-0.05, 0) is 58.3 Å². The molecule has 2 saturated heterocycles. The summed E-state index contributed by atoms with van der Waals surface area (Å²) in [5.74, 6) is 1.32. The van der Waals surface area contributed by atoms with Crippen LogP contribution in [0.15, 0.2) is 0 Å². The summed E-state index contributed by atoms with van der Waals surface area (Å²) in [4.78, 5) is 0. The maximum atomic E-state index is 9.06. The standard InChI is InChI=1S/C12H22O2/c1-11(2)10-4-6-12(3,14-11)8-9(10)5-7-13/h9-10,13H,4-8H2,1-3H3. The molecule has 2 heterocycles. The number of hydrogen-bond acceptors (Lipinski definition) is 2. The quantitative estimate of drug-likeness (QED) is 0.738. The first-order valence-electron chi connectivity index (χ1n) is 5.78. The van der Waals surface area contributed by atoms with E-state index in [0.29, 0.717) is 18.4 Å². The van der Waals surface area contributed by atoms with Gasteiger partial charge in [0.15, 0.2) is 0 Å². The van der Waals surface area contributed by atoms with E-state index in [1.54, 1.807) is 0 Å². The molecule has 82 valence electrons. The Morgan fingerprint density at radius 2 is 2.07 bits per heavy atom. The van der Waals surface area contributed by atoms with E-state index in [0.717, 1.165) is 12.8 Å². The summed E-state index contributed by atoms with van der Waals surface area (Å²) >= 11 is 0. The largest absolute Gasteiger partial charge is 0.396 e. The minimum absolute atomic E-state index is 0.0189. The maximum Gasteiger partial charge on any atom is 0.0664 e. The molecular weight excluding hydrogens is 176 g/mol. The van der Waals surface area contributed by atoms with Gasteiger partial charge < -0.3 is 9.84 Å². The van der Waals surface area contributed by atoms with Crippen LogP contribution in [0.1, 0.15) is 46.5 Å². The molecule has 0 spiro atoms. The van der Waals surface area contributed by atoms with Crippen molar-refractivity contribution in [3.05, 3.63) is 0 Å². The Labute approximate surface area is 86.6 Å². The van der Waals surface area contributed by atoms with Crippen molar-refractivity contribution in [3.63, 3.8) is 0 Å². The second-order valence-corrected chi connectivity index (χ2v) is 5.78. The fraction of sp³-hybridized carbons (Fsp3) is 1.00. The molecule has 0 aromatic rings. The Morgan fingerprint density at radius 3 is 2.57 bits per heavy atom. The van der Waals surface area contributed by atoms with Crippen LogP contribution in [0.4, 0.5) is 0 Å². The number of aliphatic hydroxyl groups excluding tert-OH is 1. The minimum atomic E-state index is 0.0189. The summed E-state index contributed by atoms with van der Waals surface area (Å²) in [5, 5.41) is 9.06. The molecule has 2 bridgehead atoms. The van der Waals surface area contributed by atoms with Crippen LogP contribution in [-0.2, 0) is 4.74 Å². The SMILES string of the molecule is CC12CCC(C(CCO)C1)C(C)(C)O2. The Balaban J connectivity index is 2.18. The second-order valence-electron chi connectivity index (χ2n) is 5.78. The normalized spacial score (nSPS) is 45.4. The van der Waals surface area contributed by atoms with Gasteiger partial charge >= 0.3 is 0 Å². The van der Waals surface area contributed by atoms with Crippen LogP contribution in [0.5, 0.6) is 0 Å². The number of rotatable bonds is 2. The third kappa shape index (κ3) is 1.59. The predicted molar refractivity (Wildman–Crippen MR) is 56.1 cm³/mol. The van der Waals surface area contributed by atoms with E-state index in [1.807, 2.05) is 0 Å². The first-order chi connectivity index (χ1) is 6.47. The van der Waals surface area contributed by atoms with E-state index < -0.39 is 0 Å². The van der Waals surface area contributed by atoms with Gasteiger partial charge in [-0.15, -0.1) is 0 Å². The summed E-state index contributed by atoms with van der Waals surface area (Å²) < 4.78 is 6.16. The van der Waals surface area contributed by atoms with Crippen molar-refractivity contribution in [1.82, 2.24) is 0 Å². The first kappa shape index (κ1) is 10.4. The molecule has 2 aliphatic heterocycles. The van der Waals surface area contributed by atoms with Gasteiger partial charge in [-0.2, -0.15) is 0 Å². The van der Waals surface area contributed by atoms with Gasteiger partial charge in [-0.1, -0.05) is 0 Å². The van der Waals surface area contributed by atoms with Gasteiger partial charge in [0.2, 0.25) is 0 Å². The first-order valence-corrected chi connectivity index (χ1v) is 5.78. The average molecular weight is 198 g/mol. The highest BCUT2D eigenvalue weighted by Crippen LogP contribution is 2.53. The van der Waals surface area contributed by atoms with E-state index in [9.17, 15) is 0 Å². The molecule has 3 atom stereocenters. The van der Waals surface area contributed by atoms with E-state index in [-0.39, 0.29) is 11.2 Å². The zero-order valence-corrected chi connectivity index (χ0v) is 9.55. The van der Waals surface area contributed by atoms with Crippen LogP contribution in [0.3, 0.4) is 0 Å². The molecule has 0 aromatic carbocycles. The molecule has 3 rings (SSSR count). The molecule has 0 aromatic heterocycles. The lowest BCUT2D eigenvalue weighted by molar-refractivity contribution is -0.251. The molecule has 2 heteroatoms. The lowest BCUT2D eigenvalue weighted by Crippen LogP contribution is -2.58. The predicted octanol–water partition coefficient (Wildman–Crippen LogP) is 2.35. The Morgan fingerprint density at radius 1 is 1.36 bits per heavy atom. The van der Waals surface area contributed by atoms with Gasteiger partial charge in [0.25, 0.3) is 0 Å². The van der Waals surface area contributed by atoms with Gasteiger partial charge in [0.1, 0.15) is 0 Å². The molecule has 3 unspecified atom stereocenters. The molecule has 1 aliphatic carbocycles. The van der Waals surface area contributed by atoms with Crippen molar-refractivity contribution in [2.75, 3.05) is 6.61 Å². The summed E-state index contributed by atoms with van der Waals surface area (Å²) in [6.07, 6.45) is 4.56. The van der Waals surface area contributed by atoms with Gasteiger partial charge in [-0.25, -0.2) is 0 Å². The molecule has 3 fully saturated rings. The monoisotopic (exact) mass is 198 g/mol. The molecular formula is C12H22O2. The van der Waals surface area contributed by atoms with Crippen LogP contribution < -0.4 is 0 Å². The maximum absolute atomic E-state index is 9.06. The number of ether oxygens (including phenoxy) is 1. The van der Waals surface area contributed by atoms with E-state index in [2.05, 4.69) is 20.8 Å². The lowest BCUT2D eigenvalue weighted by atomic mass is 9.62. The number of aliphatic hydroxyl groups is 1. The minimum Gasteiger partial charge on any atom is -0.396 e. The van der Waals surface area contributed by atoms with Gasteiger partial charge in [0.05, 0.1) is 11.2 Å². The summed E-state index contributed by atoms with van der Waals surface area (Å²) in [6, 6.07) is 0. The fourth-order valence-corrected chi connectivity index (χ4v) is 3.68. The molecule has 14 heavy (non-hydrogen) atoms. The highest BCUT2D eigenvalue weighted by Gasteiger charge is 2.52. The summed E-state index contributed by atoms with van der Waals surface area (Å²) in [6.45, 7) is 6.97. The smallest absolute Gasteiger partial charge is 0.0664 e. The highest BCUT2D eigenvalue weighted by atomic mass is 16.5. The lowest BCUT2D eigenvalue weighted by Gasteiger charge is -2.57. The van der Waals surface area contributed by atoms with Gasteiger partial charge in [-0.3, -0.25) is 0 Å². The Bertz CT molecular complexity index is 222. The van der Waals surface area contributed by atoms with Crippen molar-refractivity contribution >= 4 is 0 Å². The fourth-order valence-electron chi connectivity index (χ4n) is 3.68. The van der Waals surface area contributed by atoms with Crippen LogP contribution in [-0.4, -0.2) is 22.9 Å². The molecule has 1 N–H and O–H groups in total. The van der Waals surface area contributed by atoms with E-state index >= 15 is 0 Å². The third-order valence-corrected chi connectivity index (χ3v) is 4.15. The van der Waals surface area contributed by atoms with Crippen LogP contribution >= 0.6 is 0 Å². The molecule has 2 nitrogen and oxygen atoms in total. The van der Waals surface area contributed by atoms with Crippen molar-refractivity contribution < 1.29 is 9.84 Å². The number of hydrogen-bond donors (Lipinski definition) is 1. The topological polar surface area (TPSA) is 29.5 Å². The third-order valence-electron chi connectivity index (χ3n) is 4.15. The summed E-state index contributed by atoms with van der Waals surface area (Å²) in [5.41, 5.74) is 0.100. The molecule has 3 aliphatic rings. The van der Waals surface area contributed by atoms with Crippen molar-refractivity contribution in [2.45, 2.75) is 57.7 Å². The van der Waals surface area contributed by atoms with E-state index in [1.165, 1.54) is 12.8 Å². The van der Waals surface area contributed by atoms with Crippen LogP contribution in [0, 0.1) is 11.8 Å². The molecule has 1 saturated carbocycles. The van der Waals surface area contributed by atoms with Crippen LogP contribution in [0.25, 0.3) is 0 Å². The van der Waals surface area contributed by atoms with E-state index in [4.69, 9.17) is 9.84 Å². The molecule has 0 amide bonds. The number of fused-ring (bicyclic) bond motifs is 3. The highest BCUT2D eigenvalue weighted by molar-refractivity contribution is 5.01. The van der Waals surface area contributed by atoms with Crippen molar-refractivity contribution in [1.29, 1.82) is 0 Å². The second kappa shape index (κ2) is 3.21. The zero-order chi connectivity index (χ0) is 10.4. The zero-order valence-electron chi connectivity index (χ0n) is 9.55. The molecule has 0 radical (unpaired) electrons. The van der Waals surface area contributed by atoms with Crippen molar-refractivity contribution in [2.24, 2.45) is 11.8 Å². The average Bonchev–Trinajstić information content (AvgIpc) is 2.00. The Kier molecular flexibility index (Phi) is 2.39. The van der Waals surface area contributed by atoms with Crippen LogP contribution in [0.2, 0.25) is 0 Å².